The highest BCUT2D eigenvalue weighted by molar-refractivity contribution is 5.39. The number of hydrogen-bond acceptors (Lipinski definition) is 1. The first-order chi connectivity index (χ1) is 7.45. The molecular weight excluding hydrogens is 182 g/mol. The summed E-state index contributed by atoms with van der Waals surface area (Å²) in [5.74, 6) is 0.522. The maximum absolute atomic E-state index is 3.59. The second-order valence-corrected chi connectivity index (χ2v) is 4.22. The molecule has 1 N–H and O–H groups in total. The van der Waals surface area contributed by atoms with Gasteiger partial charge in [0, 0.05) is 12.0 Å². The van der Waals surface area contributed by atoms with Gasteiger partial charge in [-0.3, -0.25) is 0 Å². The molecule has 1 aromatic rings. The van der Waals surface area contributed by atoms with E-state index in [0.717, 1.165) is 13.0 Å². The average molecular weight is 197 g/mol. The smallest absolute Gasteiger partial charge is 0.0357 e. The lowest BCUT2D eigenvalue weighted by Crippen LogP contribution is -2.32. The van der Waals surface area contributed by atoms with Gasteiger partial charge in [-0.25, -0.2) is 0 Å². The van der Waals surface area contributed by atoms with E-state index in [9.17, 15) is 0 Å². The van der Waals surface area contributed by atoms with E-state index in [-0.39, 0.29) is 0 Å². The fraction of sp³-hybridized carbons (Fsp3) is 0.286. The quantitative estimate of drug-likeness (QED) is 0.673. The van der Waals surface area contributed by atoms with E-state index < -0.39 is 0 Å². The van der Waals surface area contributed by atoms with Crippen molar-refractivity contribution in [1.29, 1.82) is 0 Å². The number of rotatable bonds is 0. The molecule has 0 spiro atoms. The van der Waals surface area contributed by atoms with Crippen molar-refractivity contribution in [3.63, 3.8) is 0 Å². The van der Waals surface area contributed by atoms with E-state index in [0.29, 0.717) is 12.0 Å². The predicted octanol–water partition coefficient (Wildman–Crippen LogP) is 2.41. The van der Waals surface area contributed by atoms with Gasteiger partial charge in [-0.1, -0.05) is 48.6 Å². The highest BCUT2D eigenvalue weighted by Gasteiger charge is 2.24. The molecule has 1 aromatic carbocycles. The molecule has 0 aromatic heterocycles. The van der Waals surface area contributed by atoms with Crippen molar-refractivity contribution < 1.29 is 0 Å². The molecule has 2 unspecified atom stereocenters. The van der Waals surface area contributed by atoms with E-state index in [1.165, 1.54) is 11.1 Å². The first kappa shape index (κ1) is 8.93. The molecular formula is C14H15N. The second kappa shape index (κ2) is 3.67. The Morgan fingerprint density at radius 1 is 1.07 bits per heavy atom. The minimum absolute atomic E-state index is 0.485. The van der Waals surface area contributed by atoms with Gasteiger partial charge in [-0.05, 0) is 24.1 Å². The Morgan fingerprint density at radius 3 is 2.93 bits per heavy atom. The summed E-state index contributed by atoms with van der Waals surface area (Å²) in [6.07, 6.45) is 10.0. The van der Waals surface area contributed by atoms with Crippen LogP contribution >= 0.6 is 0 Å². The maximum atomic E-state index is 3.59. The molecule has 3 rings (SSSR count). The van der Waals surface area contributed by atoms with Gasteiger partial charge >= 0.3 is 0 Å². The van der Waals surface area contributed by atoms with Gasteiger partial charge in [-0.2, -0.15) is 0 Å². The topological polar surface area (TPSA) is 12.0 Å². The van der Waals surface area contributed by atoms with E-state index in [1.54, 1.807) is 0 Å². The van der Waals surface area contributed by atoms with Gasteiger partial charge in [0.2, 0.25) is 0 Å². The first-order valence-electron chi connectivity index (χ1n) is 5.61. The fourth-order valence-corrected chi connectivity index (χ4v) is 2.56. The summed E-state index contributed by atoms with van der Waals surface area (Å²) >= 11 is 0. The second-order valence-electron chi connectivity index (χ2n) is 4.22. The summed E-state index contributed by atoms with van der Waals surface area (Å²) in [5, 5.41) is 3.59. The first-order valence-corrected chi connectivity index (χ1v) is 5.61. The zero-order valence-electron chi connectivity index (χ0n) is 8.69. The van der Waals surface area contributed by atoms with Crippen molar-refractivity contribution in [3.8, 4) is 0 Å². The Balaban J connectivity index is 2.08. The summed E-state index contributed by atoms with van der Waals surface area (Å²) < 4.78 is 0. The Kier molecular flexibility index (Phi) is 2.18. The number of fused-ring (bicyclic) bond motifs is 3. The lowest BCUT2D eigenvalue weighted by molar-refractivity contribution is 0.570. The van der Waals surface area contributed by atoms with Crippen molar-refractivity contribution in [1.82, 2.24) is 5.32 Å². The van der Waals surface area contributed by atoms with Gasteiger partial charge in [0.1, 0.15) is 0 Å². The molecule has 15 heavy (non-hydrogen) atoms. The van der Waals surface area contributed by atoms with Gasteiger partial charge in [-0.15, -0.1) is 0 Å². The largest absolute Gasteiger partial charge is 0.309 e. The van der Waals surface area contributed by atoms with Gasteiger partial charge in [0.25, 0.3) is 0 Å². The molecule has 0 amide bonds. The molecule has 0 bridgehead atoms. The zero-order chi connectivity index (χ0) is 10.1. The van der Waals surface area contributed by atoms with Crippen LogP contribution < -0.4 is 5.32 Å². The SMILES string of the molecule is C1=CC2NCCc3ccccc3C2C=C1. The third-order valence-electron chi connectivity index (χ3n) is 3.32. The van der Waals surface area contributed by atoms with Crippen molar-refractivity contribution in [2.45, 2.75) is 18.4 Å². The van der Waals surface area contributed by atoms with Crippen LogP contribution in [-0.4, -0.2) is 12.6 Å². The number of allylic oxidation sites excluding steroid dienone is 2. The summed E-state index contributed by atoms with van der Waals surface area (Å²) in [7, 11) is 0. The summed E-state index contributed by atoms with van der Waals surface area (Å²) in [6.45, 7) is 1.08. The molecule has 1 aliphatic carbocycles. The average Bonchev–Trinajstić information content (AvgIpc) is 2.48. The molecule has 2 aliphatic rings. The van der Waals surface area contributed by atoms with Crippen LogP contribution in [0.1, 0.15) is 17.0 Å². The van der Waals surface area contributed by atoms with Crippen molar-refractivity contribution in [2.24, 2.45) is 0 Å². The maximum Gasteiger partial charge on any atom is 0.0357 e. The number of benzene rings is 1. The molecule has 1 nitrogen and oxygen atoms in total. The van der Waals surface area contributed by atoms with E-state index in [4.69, 9.17) is 0 Å². The highest BCUT2D eigenvalue weighted by Crippen LogP contribution is 2.29. The molecule has 2 atom stereocenters. The normalized spacial score (nSPS) is 28.0. The van der Waals surface area contributed by atoms with Crippen LogP contribution in [0, 0.1) is 0 Å². The molecule has 76 valence electrons. The molecule has 1 aliphatic heterocycles. The third kappa shape index (κ3) is 1.53. The Labute approximate surface area is 90.5 Å². The molecule has 0 radical (unpaired) electrons. The van der Waals surface area contributed by atoms with E-state index >= 15 is 0 Å². The molecule has 0 saturated heterocycles. The molecule has 1 heteroatoms. The number of nitrogens with one attached hydrogen (secondary N) is 1. The van der Waals surface area contributed by atoms with Gasteiger partial charge in [0.15, 0.2) is 0 Å². The fourth-order valence-electron chi connectivity index (χ4n) is 2.56. The van der Waals surface area contributed by atoms with Crippen molar-refractivity contribution >= 4 is 0 Å². The lowest BCUT2D eigenvalue weighted by Gasteiger charge is -2.23. The minimum Gasteiger partial charge on any atom is -0.309 e. The molecule has 0 saturated carbocycles. The third-order valence-corrected chi connectivity index (χ3v) is 3.32. The number of hydrogen-bond donors (Lipinski definition) is 1. The van der Waals surface area contributed by atoms with Crippen molar-refractivity contribution in [3.05, 3.63) is 59.7 Å². The summed E-state index contributed by atoms with van der Waals surface area (Å²) in [6, 6.07) is 9.29. The lowest BCUT2D eigenvalue weighted by atomic mass is 9.86. The monoisotopic (exact) mass is 197 g/mol. The molecule has 0 fully saturated rings. The van der Waals surface area contributed by atoms with Gasteiger partial charge in [0.05, 0.1) is 0 Å². The Morgan fingerprint density at radius 2 is 1.93 bits per heavy atom. The summed E-state index contributed by atoms with van der Waals surface area (Å²) in [5.41, 5.74) is 2.99. The van der Waals surface area contributed by atoms with Crippen LogP contribution in [0.25, 0.3) is 0 Å². The van der Waals surface area contributed by atoms with Crippen molar-refractivity contribution in [2.75, 3.05) is 6.54 Å². The predicted molar refractivity (Wildman–Crippen MR) is 63.0 cm³/mol. The Bertz CT molecular complexity index is 417. The van der Waals surface area contributed by atoms with Crippen LogP contribution in [0.15, 0.2) is 48.6 Å². The van der Waals surface area contributed by atoms with E-state index in [1.807, 2.05) is 0 Å². The van der Waals surface area contributed by atoms with Crippen LogP contribution in [0.2, 0.25) is 0 Å². The Hall–Kier alpha value is -1.34. The molecule has 1 heterocycles. The van der Waals surface area contributed by atoms with E-state index in [2.05, 4.69) is 53.9 Å². The van der Waals surface area contributed by atoms with Gasteiger partial charge < -0.3 is 5.32 Å². The van der Waals surface area contributed by atoms with Crippen LogP contribution in [-0.2, 0) is 6.42 Å². The van der Waals surface area contributed by atoms with Crippen LogP contribution in [0.5, 0.6) is 0 Å². The zero-order valence-corrected chi connectivity index (χ0v) is 8.69. The highest BCUT2D eigenvalue weighted by atomic mass is 14.9. The summed E-state index contributed by atoms with van der Waals surface area (Å²) in [4.78, 5) is 0. The minimum atomic E-state index is 0.485. The van der Waals surface area contributed by atoms with Crippen LogP contribution in [0.3, 0.4) is 0 Å². The standard InChI is InChI=1S/C14H15N/c1-2-6-12-11(5-1)9-10-15-14-8-4-3-7-13(12)14/h1-8,13-15H,9-10H2. The van der Waals surface area contributed by atoms with Crippen LogP contribution in [0.4, 0.5) is 0 Å².